The zero-order chi connectivity index (χ0) is 29.2. The van der Waals surface area contributed by atoms with Crippen LogP contribution >= 0.6 is 7.26 Å². The van der Waals surface area contributed by atoms with Crippen LogP contribution < -0.4 is 15.9 Å². The number of hydrogen-bond acceptors (Lipinski definition) is 2. The summed E-state index contributed by atoms with van der Waals surface area (Å²) in [4.78, 5) is 0. The van der Waals surface area contributed by atoms with Crippen LogP contribution in [0, 0.1) is 0 Å². The molecular weight excluding hydrogens is 521 g/mol. The third-order valence-corrected chi connectivity index (χ3v) is 13.4. The Kier molecular flexibility index (Phi) is 11.6. The first-order valence-electron chi connectivity index (χ1n) is 15.9. The molecule has 0 spiro atoms. The zero-order valence-corrected chi connectivity index (χ0v) is 26.8. The van der Waals surface area contributed by atoms with Gasteiger partial charge in [-0.3, -0.25) is 0 Å². The van der Waals surface area contributed by atoms with Gasteiger partial charge in [-0.05, 0) is 96.2 Å². The highest BCUT2D eigenvalue weighted by Crippen LogP contribution is 2.56. The highest BCUT2D eigenvalue weighted by atomic mass is 31.2. The molecule has 1 aliphatic heterocycles. The van der Waals surface area contributed by atoms with Gasteiger partial charge in [-0.2, -0.15) is 0 Å². The van der Waals surface area contributed by atoms with E-state index in [1.807, 2.05) is 27.7 Å². The van der Waals surface area contributed by atoms with E-state index in [0.29, 0.717) is 0 Å². The van der Waals surface area contributed by atoms with Crippen molar-refractivity contribution in [1.82, 2.24) is 5.06 Å². The van der Waals surface area contributed by atoms with Crippen molar-refractivity contribution in [1.29, 1.82) is 0 Å². The average Bonchev–Trinajstić information content (AvgIpc) is 2.98. The van der Waals surface area contributed by atoms with Crippen LogP contribution in [0.15, 0.2) is 91.0 Å². The predicted molar refractivity (Wildman–Crippen MR) is 177 cm³/mol. The Hall–Kier alpha value is -2.03. The summed E-state index contributed by atoms with van der Waals surface area (Å²) in [5, 5.41) is 18.3. The number of ether oxygens (including phenoxy) is 1. The second-order valence-electron chi connectivity index (χ2n) is 13.2. The molecule has 0 atom stereocenters. The first kappa shape index (κ1) is 31.9. The van der Waals surface area contributed by atoms with Gasteiger partial charge in [-0.15, -0.1) is 10.3 Å². The van der Waals surface area contributed by atoms with Crippen molar-refractivity contribution in [3.63, 3.8) is 0 Å². The summed E-state index contributed by atoms with van der Waals surface area (Å²) in [6.45, 7) is 9.00. The Morgan fingerprint density at radius 2 is 0.976 bits per heavy atom. The molecule has 0 saturated carbocycles. The largest absolute Gasteiger partial charge is 0.378 e. The SMILES string of the molecule is CC1(C)CC(OCCCCCCCCCC[P+](c2ccccc2)(c2ccccc2)c2ccccc2)CC(C)(C)N1[O]. The van der Waals surface area contributed by atoms with Crippen molar-refractivity contribution in [2.45, 2.75) is 109 Å². The van der Waals surface area contributed by atoms with E-state index in [2.05, 4.69) is 91.0 Å². The van der Waals surface area contributed by atoms with Crippen molar-refractivity contribution in [2.24, 2.45) is 0 Å². The molecule has 0 aliphatic carbocycles. The predicted octanol–water partition coefficient (Wildman–Crippen LogP) is 8.49. The summed E-state index contributed by atoms with van der Waals surface area (Å²) in [6, 6.07) is 33.8. The molecule has 3 nitrogen and oxygen atoms in total. The van der Waals surface area contributed by atoms with Crippen LogP contribution in [0.3, 0.4) is 0 Å². The minimum Gasteiger partial charge on any atom is -0.378 e. The number of rotatable bonds is 15. The molecule has 3 aromatic rings. The van der Waals surface area contributed by atoms with Crippen molar-refractivity contribution < 1.29 is 9.94 Å². The van der Waals surface area contributed by atoms with Gasteiger partial charge in [0.05, 0.1) is 12.3 Å². The van der Waals surface area contributed by atoms with Crippen LogP contribution in [-0.2, 0) is 9.94 Å². The second kappa shape index (κ2) is 14.9. The monoisotopic (exact) mass is 573 g/mol. The highest BCUT2D eigenvalue weighted by molar-refractivity contribution is 7.95. The average molecular weight is 574 g/mol. The van der Waals surface area contributed by atoms with Gasteiger partial charge >= 0.3 is 0 Å². The quantitative estimate of drug-likeness (QED) is 0.135. The summed E-state index contributed by atoms with van der Waals surface area (Å²) < 4.78 is 6.24. The van der Waals surface area contributed by atoms with E-state index in [1.165, 1.54) is 72.1 Å². The van der Waals surface area contributed by atoms with E-state index in [9.17, 15) is 5.21 Å². The minimum atomic E-state index is -1.69. The Bertz CT molecular complexity index is 1030. The number of unbranched alkanes of at least 4 members (excludes halogenated alkanes) is 7. The number of hydroxylamine groups is 2. The van der Waals surface area contributed by atoms with E-state index >= 15 is 0 Å². The molecule has 41 heavy (non-hydrogen) atoms. The lowest BCUT2D eigenvalue weighted by molar-refractivity contribution is -0.301. The number of piperidine rings is 1. The fraction of sp³-hybridized carbons (Fsp3) is 0.514. The number of nitrogens with zero attached hydrogens (tertiary/aromatic N) is 1. The smallest absolute Gasteiger partial charge is 0.112 e. The maximum absolute atomic E-state index is 12.6. The second-order valence-corrected chi connectivity index (χ2v) is 16.8. The van der Waals surface area contributed by atoms with Gasteiger partial charge in [-0.1, -0.05) is 86.7 Å². The maximum atomic E-state index is 12.6. The summed E-state index contributed by atoms with van der Waals surface area (Å²) >= 11 is 0. The molecule has 0 unspecified atom stereocenters. The molecule has 1 fully saturated rings. The van der Waals surface area contributed by atoms with E-state index in [4.69, 9.17) is 4.74 Å². The van der Waals surface area contributed by atoms with Crippen molar-refractivity contribution >= 4 is 23.2 Å². The Balaban J connectivity index is 1.20. The van der Waals surface area contributed by atoms with Crippen LogP contribution in [0.25, 0.3) is 0 Å². The van der Waals surface area contributed by atoms with E-state index in [0.717, 1.165) is 25.9 Å². The summed E-state index contributed by atoms with van der Waals surface area (Å²) in [7, 11) is -1.69. The van der Waals surface area contributed by atoms with Gasteiger partial charge in [0.15, 0.2) is 0 Å². The topological polar surface area (TPSA) is 32.4 Å². The summed E-state index contributed by atoms with van der Waals surface area (Å²) in [5.74, 6) is 0. The summed E-state index contributed by atoms with van der Waals surface area (Å²) in [6.07, 6.45) is 13.2. The van der Waals surface area contributed by atoms with E-state index in [-0.39, 0.29) is 17.2 Å². The molecule has 4 heteroatoms. The van der Waals surface area contributed by atoms with Crippen molar-refractivity contribution in [3.05, 3.63) is 91.0 Å². The van der Waals surface area contributed by atoms with Crippen LogP contribution in [0.1, 0.15) is 91.9 Å². The lowest BCUT2D eigenvalue weighted by Crippen LogP contribution is -2.59. The van der Waals surface area contributed by atoms with Crippen LogP contribution in [0.4, 0.5) is 0 Å². The fourth-order valence-electron chi connectivity index (χ4n) is 6.93. The van der Waals surface area contributed by atoms with Gasteiger partial charge < -0.3 is 4.74 Å². The number of hydrogen-bond donors (Lipinski definition) is 0. The molecule has 1 radical (unpaired) electrons. The van der Waals surface area contributed by atoms with Gasteiger partial charge in [0, 0.05) is 17.7 Å². The van der Waals surface area contributed by atoms with Gasteiger partial charge in [0.1, 0.15) is 23.2 Å². The third-order valence-electron chi connectivity index (χ3n) is 8.89. The molecule has 1 heterocycles. The van der Waals surface area contributed by atoms with Gasteiger partial charge in [0.2, 0.25) is 0 Å². The van der Waals surface area contributed by atoms with E-state index in [1.54, 1.807) is 0 Å². The normalized spacial score (nSPS) is 17.5. The van der Waals surface area contributed by atoms with Gasteiger partial charge in [0.25, 0.3) is 0 Å². The molecule has 4 rings (SSSR count). The molecule has 3 aromatic carbocycles. The first-order chi connectivity index (χ1) is 19.8. The molecule has 1 aliphatic rings. The Morgan fingerprint density at radius 1 is 0.610 bits per heavy atom. The van der Waals surface area contributed by atoms with Crippen LogP contribution in [-0.4, -0.2) is 35.0 Å². The lowest BCUT2D eigenvalue weighted by Gasteiger charge is -2.49. The third kappa shape index (κ3) is 8.29. The lowest BCUT2D eigenvalue weighted by atomic mass is 9.80. The van der Waals surface area contributed by atoms with Crippen LogP contribution in [0.5, 0.6) is 0 Å². The van der Waals surface area contributed by atoms with E-state index < -0.39 is 7.26 Å². The standard InChI is InChI=1S/C37H52NO2P/c1-36(2)30-32(31-37(3,4)38(36)39)40-28-20-9-7-5-6-8-10-21-29-41(33-22-14-11-15-23-33,34-24-16-12-17-25-34)35-26-18-13-19-27-35/h11-19,22-27,32H,5-10,20-21,28-31H2,1-4H3/q+1. The maximum Gasteiger partial charge on any atom is 0.112 e. The zero-order valence-electron chi connectivity index (χ0n) is 25.9. The van der Waals surface area contributed by atoms with Crippen molar-refractivity contribution in [2.75, 3.05) is 12.8 Å². The molecule has 0 aromatic heterocycles. The van der Waals surface area contributed by atoms with Crippen LogP contribution in [0.2, 0.25) is 0 Å². The molecule has 221 valence electrons. The first-order valence-corrected chi connectivity index (χ1v) is 17.9. The summed E-state index contributed by atoms with van der Waals surface area (Å²) in [5.41, 5.74) is -0.700. The molecular formula is C37H52NO2P+. The van der Waals surface area contributed by atoms with Gasteiger partial charge in [-0.25, -0.2) is 0 Å². The Labute approximate surface area is 250 Å². The molecule has 0 amide bonds. The van der Waals surface area contributed by atoms with Crippen molar-refractivity contribution in [3.8, 4) is 0 Å². The fourth-order valence-corrected chi connectivity index (χ4v) is 11.3. The minimum absolute atomic E-state index is 0.197. The molecule has 0 bridgehead atoms. The highest BCUT2D eigenvalue weighted by Gasteiger charge is 2.46. The molecule has 1 saturated heterocycles. The Morgan fingerprint density at radius 3 is 1.39 bits per heavy atom. The molecule has 0 N–H and O–H groups in total. The number of benzene rings is 3.